The maximum absolute atomic E-state index is 5.94. The molecule has 0 saturated carbocycles. The smallest absolute Gasteiger partial charge is 0.110 e. The maximum atomic E-state index is 5.94. The molecule has 0 aliphatic heterocycles. The predicted molar refractivity (Wildman–Crippen MR) is 91.4 cm³/mol. The SMILES string of the molecule is CCCc1nc2ccccc2n1Cc1cc(N)cc(Br)c1. The van der Waals surface area contributed by atoms with E-state index in [9.17, 15) is 0 Å². The number of fused-ring (bicyclic) bond motifs is 1. The molecule has 0 aliphatic carbocycles. The number of nitrogen functional groups attached to an aromatic ring is 1. The van der Waals surface area contributed by atoms with Gasteiger partial charge in [0, 0.05) is 23.1 Å². The van der Waals surface area contributed by atoms with Gasteiger partial charge in [-0.2, -0.15) is 0 Å². The summed E-state index contributed by atoms with van der Waals surface area (Å²) in [6.07, 6.45) is 2.07. The Morgan fingerprint density at radius 1 is 1.19 bits per heavy atom. The molecule has 0 atom stereocenters. The van der Waals surface area contributed by atoms with Gasteiger partial charge in [-0.25, -0.2) is 4.98 Å². The standard InChI is InChI=1S/C17H18BrN3/c1-2-5-17-20-15-6-3-4-7-16(15)21(17)11-12-8-13(18)10-14(19)9-12/h3-4,6-10H,2,5,11,19H2,1H3. The molecule has 0 aliphatic rings. The molecular formula is C17H18BrN3. The molecular weight excluding hydrogens is 326 g/mol. The van der Waals surface area contributed by atoms with Gasteiger partial charge in [-0.1, -0.05) is 35.0 Å². The summed E-state index contributed by atoms with van der Waals surface area (Å²) in [5.74, 6) is 1.14. The number of nitrogens with zero attached hydrogens (tertiary/aromatic N) is 2. The van der Waals surface area contributed by atoms with Gasteiger partial charge in [0.25, 0.3) is 0 Å². The van der Waals surface area contributed by atoms with E-state index in [-0.39, 0.29) is 0 Å². The second-order valence-electron chi connectivity index (χ2n) is 5.25. The highest BCUT2D eigenvalue weighted by Gasteiger charge is 2.10. The summed E-state index contributed by atoms with van der Waals surface area (Å²) in [6, 6.07) is 14.3. The topological polar surface area (TPSA) is 43.8 Å². The molecule has 21 heavy (non-hydrogen) atoms. The van der Waals surface area contributed by atoms with Crippen LogP contribution in [0.15, 0.2) is 46.9 Å². The molecule has 3 aromatic rings. The molecule has 0 unspecified atom stereocenters. The summed E-state index contributed by atoms with van der Waals surface area (Å²) >= 11 is 3.51. The van der Waals surface area contributed by atoms with Crippen LogP contribution >= 0.6 is 15.9 Å². The van der Waals surface area contributed by atoms with Crippen molar-refractivity contribution >= 4 is 32.7 Å². The van der Waals surface area contributed by atoms with E-state index in [1.165, 1.54) is 11.1 Å². The summed E-state index contributed by atoms with van der Waals surface area (Å²) in [7, 11) is 0. The van der Waals surface area contributed by atoms with Crippen LogP contribution in [0, 0.1) is 0 Å². The second kappa shape index (κ2) is 5.90. The second-order valence-corrected chi connectivity index (χ2v) is 6.16. The minimum atomic E-state index is 0.779. The van der Waals surface area contributed by atoms with Gasteiger partial charge in [-0.3, -0.25) is 0 Å². The van der Waals surface area contributed by atoms with Gasteiger partial charge in [-0.05, 0) is 42.3 Å². The Labute approximate surface area is 132 Å². The average molecular weight is 344 g/mol. The number of rotatable bonds is 4. The van der Waals surface area contributed by atoms with Gasteiger partial charge in [0.05, 0.1) is 11.0 Å². The van der Waals surface area contributed by atoms with Gasteiger partial charge >= 0.3 is 0 Å². The van der Waals surface area contributed by atoms with Gasteiger partial charge in [-0.15, -0.1) is 0 Å². The van der Waals surface area contributed by atoms with Crippen LogP contribution in [0.4, 0.5) is 5.69 Å². The highest BCUT2D eigenvalue weighted by atomic mass is 79.9. The Morgan fingerprint density at radius 3 is 2.76 bits per heavy atom. The van der Waals surface area contributed by atoms with Crippen LogP contribution in [-0.2, 0) is 13.0 Å². The van der Waals surface area contributed by atoms with Crippen molar-refractivity contribution < 1.29 is 0 Å². The lowest BCUT2D eigenvalue weighted by molar-refractivity contribution is 0.722. The van der Waals surface area contributed by atoms with E-state index < -0.39 is 0 Å². The average Bonchev–Trinajstić information content (AvgIpc) is 2.76. The number of benzene rings is 2. The third kappa shape index (κ3) is 2.95. The van der Waals surface area contributed by atoms with Crippen LogP contribution in [-0.4, -0.2) is 9.55 Å². The first kappa shape index (κ1) is 14.1. The largest absolute Gasteiger partial charge is 0.399 e. The summed E-state index contributed by atoms with van der Waals surface area (Å²) in [4.78, 5) is 4.76. The Bertz CT molecular complexity index is 757. The van der Waals surface area contributed by atoms with Gasteiger partial charge in [0.15, 0.2) is 0 Å². The number of aromatic nitrogens is 2. The molecule has 3 nitrogen and oxygen atoms in total. The molecule has 2 aromatic carbocycles. The minimum Gasteiger partial charge on any atom is -0.399 e. The molecule has 0 spiro atoms. The number of nitrogens with two attached hydrogens (primary N) is 1. The van der Waals surface area contributed by atoms with E-state index in [0.717, 1.165) is 40.9 Å². The van der Waals surface area contributed by atoms with Gasteiger partial charge in [0.2, 0.25) is 0 Å². The number of halogens is 1. The highest BCUT2D eigenvalue weighted by molar-refractivity contribution is 9.10. The van der Waals surface area contributed by atoms with Crippen LogP contribution < -0.4 is 5.73 Å². The number of aryl methyl sites for hydroxylation is 1. The zero-order chi connectivity index (χ0) is 14.8. The van der Waals surface area contributed by atoms with Crippen molar-refractivity contribution in [2.75, 3.05) is 5.73 Å². The lowest BCUT2D eigenvalue weighted by Crippen LogP contribution is -2.05. The highest BCUT2D eigenvalue weighted by Crippen LogP contribution is 2.22. The first-order chi connectivity index (χ1) is 10.2. The van der Waals surface area contributed by atoms with Crippen molar-refractivity contribution in [1.82, 2.24) is 9.55 Å². The monoisotopic (exact) mass is 343 g/mol. The van der Waals surface area contributed by atoms with Crippen LogP contribution in [0.1, 0.15) is 24.7 Å². The fourth-order valence-corrected chi connectivity index (χ4v) is 3.22. The van der Waals surface area contributed by atoms with Crippen molar-refractivity contribution in [3.8, 4) is 0 Å². The first-order valence-corrected chi connectivity index (χ1v) is 7.95. The number of para-hydroxylation sites is 2. The molecule has 108 valence electrons. The van der Waals surface area contributed by atoms with Crippen LogP contribution in [0.25, 0.3) is 11.0 Å². The summed E-state index contributed by atoms with van der Waals surface area (Å²) in [5, 5.41) is 0. The van der Waals surface area contributed by atoms with Crippen molar-refractivity contribution in [2.45, 2.75) is 26.3 Å². The summed E-state index contributed by atoms with van der Waals surface area (Å²) in [6.45, 7) is 2.97. The molecule has 2 N–H and O–H groups in total. The zero-order valence-electron chi connectivity index (χ0n) is 12.0. The Morgan fingerprint density at radius 2 is 2.00 bits per heavy atom. The molecule has 0 amide bonds. The van der Waals surface area contributed by atoms with E-state index in [2.05, 4.69) is 51.7 Å². The molecule has 0 bridgehead atoms. The third-order valence-corrected chi connectivity index (χ3v) is 3.99. The quantitative estimate of drug-likeness (QED) is 0.714. The number of imidazole rings is 1. The van der Waals surface area contributed by atoms with Gasteiger partial charge in [0.1, 0.15) is 5.82 Å². The van der Waals surface area contributed by atoms with E-state index in [1.54, 1.807) is 0 Å². The van der Waals surface area contributed by atoms with Crippen LogP contribution in [0.5, 0.6) is 0 Å². The summed E-state index contributed by atoms with van der Waals surface area (Å²) in [5.41, 5.74) is 10.1. The number of anilines is 1. The van der Waals surface area contributed by atoms with Crippen LogP contribution in [0.3, 0.4) is 0 Å². The van der Waals surface area contributed by atoms with E-state index in [4.69, 9.17) is 10.7 Å². The molecule has 1 heterocycles. The van der Waals surface area contributed by atoms with Gasteiger partial charge < -0.3 is 10.3 Å². The minimum absolute atomic E-state index is 0.779. The molecule has 0 saturated heterocycles. The Hall–Kier alpha value is -1.81. The normalized spacial score (nSPS) is 11.1. The van der Waals surface area contributed by atoms with Crippen molar-refractivity contribution in [1.29, 1.82) is 0 Å². The lowest BCUT2D eigenvalue weighted by Gasteiger charge is -2.10. The Kier molecular flexibility index (Phi) is 3.97. The maximum Gasteiger partial charge on any atom is 0.110 e. The van der Waals surface area contributed by atoms with E-state index in [0.29, 0.717) is 0 Å². The van der Waals surface area contributed by atoms with Crippen molar-refractivity contribution in [3.63, 3.8) is 0 Å². The fraction of sp³-hybridized carbons (Fsp3) is 0.235. The van der Waals surface area contributed by atoms with Crippen LogP contribution in [0.2, 0.25) is 0 Å². The number of hydrogen-bond donors (Lipinski definition) is 1. The molecule has 1 aromatic heterocycles. The molecule has 3 rings (SSSR count). The lowest BCUT2D eigenvalue weighted by atomic mass is 10.2. The zero-order valence-corrected chi connectivity index (χ0v) is 13.6. The molecule has 0 radical (unpaired) electrons. The van der Waals surface area contributed by atoms with E-state index in [1.807, 2.05) is 18.2 Å². The Balaban J connectivity index is 2.07. The third-order valence-electron chi connectivity index (χ3n) is 3.53. The van der Waals surface area contributed by atoms with Crippen molar-refractivity contribution in [3.05, 3.63) is 58.3 Å². The molecule has 4 heteroatoms. The number of hydrogen-bond acceptors (Lipinski definition) is 2. The predicted octanol–water partition coefficient (Wildman–Crippen LogP) is 4.38. The van der Waals surface area contributed by atoms with Crippen molar-refractivity contribution in [2.24, 2.45) is 0 Å². The fourth-order valence-electron chi connectivity index (χ4n) is 2.67. The molecule has 0 fully saturated rings. The first-order valence-electron chi connectivity index (χ1n) is 7.16. The van der Waals surface area contributed by atoms with E-state index >= 15 is 0 Å². The summed E-state index contributed by atoms with van der Waals surface area (Å²) < 4.78 is 3.30.